The number of hydrogen-bond donors (Lipinski definition) is 1. The number of nitrogens with one attached hydrogen (secondary N) is 1. The van der Waals surface area contributed by atoms with Gasteiger partial charge >= 0.3 is 0 Å². The molecule has 0 bridgehead atoms. The topological polar surface area (TPSA) is 110 Å². The van der Waals surface area contributed by atoms with Gasteiger partial charge in [-0.25, -0.2) is 19.3 Å². The Hall–Kier alpha value is -3.37. The number of carbonyl (C=O) groups is 2. The molecule has 0 unspecified atom stereocenters. The molecule has 12 heteroatoms. The number of ether oxygens (including phenoxy) is 1. The lowest BCUT2D eigenvalue weighted by Crippen LogP contribution is -2.49. The van der Waals surface area contributed by atoms with Crippen molar-refractivity contribution >= 4 is 40.8 Å². The Morgan fingerprint density at radius 2 is 2.03 bits per heavy atom. The van der Waals surface area contributed by atoms with Gasteiger partial charge < -0.3 is 10.1 Å². The second-order valence-corrected chi connectivity index (χ2v) is 7.34. The molecule has 1 atom stereocenters. The summed E-state index contributed by atoms with van der Waals surface area (Å²) in [7, 11) is 1.50. The van der Waals surface area contributed by atoms with Gasteiger partial charge in [-0.05, 0) is 6.07 Å². The summed E-state index contributed by atoms with van der Waals surface area (Å²) in [5.41, 5.74) is 0.397. The number of nitrogens with zero attached hydrogens (tertiary/aromatic N) is 5. The van der Waals surface area contributed by atoms with Crippen LogP contribution >= 0.6 is 23.2 Å². The zero-order chi connectivity index (χ0) is 22.1. The minimum atomic E-state index is -1.04. The second-order valence-electron chi connectivity index (χ2n) is 6.49. The predicted octanol–water partition coefficient (Wildman–Crippen LogP) is 2.53. The molecule has 3 aromatic rings. The summed E-state index contributed by atoms with van der Waals surface area (Å²) in [6.07, 6.45) is 4.98. The zero-order valence-corrected chi connectivity index (χ0v) is 17.4. The molecule has 0 spiro atoms. The van der Waals surface area contributed by atoms with Crippen LogP contribution in [0.25, 0.3) is 11.3 Å². The summed E-state index contributed by atoms with van der Waals surface area (Å²) in [6.45, 7) is -0.155. The highest BCUT2D eigenvalue weighted by Crippen LogP contribution is 2.30. The Bertz CT molecular complexity index is 1200. The average Bonchev–Trinajstić information content (AvgIpc) is 2.86. The second kappa shape index (κ2) is 8.40. The fourth-order valence-electron chi connectivity index (χ4n) is 2.90. The third kappa shape index (κ3) is 4.25. The van der Waals surface area contributed by atoms with Gasteiger partial charge in [0.25, 0.3) is 11.8 Å². The largest absolute Gasteiger partial charge is 0.487 e. The molecule has 1 N–H and O–H groups in total. The molecule has 1 aliphatic rings. The van der Waals surface area contributed by atoms with Crippen molar-refractivity contribution in [2.75, 3.05) is 18.6 Å². The van der Waals surface area contributed by atoms with Crippen molar-refractivity contribution in [2.45, 2.75) is 6.04 Å². The van der Waals surface area contributed by atoms with Gasteiger partial charge in [-0.15, -0.1) is 0 Å². The van der Waals surface area contributed by atoms with E-state index in [4.69, 9.17) is 27.9 Å². The Labute approximate surface area is 185 Å². The van der Waals surface area contributed by atoms with E-state index in [0.29, 0.717) is 10.8 Å². The fraction of sp³-hybridized carbons (Fsp3) is 0.158. The maximum atomic E-state index is 13.5. The lowest BCUT2D eigenvalue weighted by Gasteiger charge is -2.19. The standard InChI is InChI=1S/C19H13Cl2FN6O3/c1-28-17-14(3-10(20)5-25-17)31-8-13(19(28)30)26-18(29)16-24-7-12(21)15(27-16)9-2-11(22)6-23-4-9/h2-7,13H,8H2,1H3,(H,26,29)/t13-/m0/s1. The van der Waals surface area contributed by atoms with E-state index >= 15 is 0 Å². The smallest absolute Gasteiger partial charge is 0.289 e. The van der Waals surface area contributed by atoms with Crippen molar-refractivity contribution in [3.8, 4) is 17.0 Å². The van der Waals surface area contributed by atoms with Crippen LogP contribution in [-0.4, -0.2) is 51.4 Å². The van der Waals surface area contributed by atoms with Crippen LogP contribution in [0.5, 0.6) is 5.75 Å². The molecule has 0 saturated heterocycles. The SMILES string of the molecule is CN1C(=O)[C@@H](NC(=O)c2ncc(Cl)c(-c3cncc(F)c3)n2)COc2cc(Cl)cnc21. The van der Waals surface area contributed by atoms with Crippen LogP contribution in [0.15, 0.2) is 36.9 Å². The number of amides is 2. The van der Waals surface area contributed by atoms with Gasteiger partial charge in [0.05, 0.1) is 28.1 Å². The van der Waals surface area contributed by atoms with Gasteiger partial charge in [0.1, 0.15) is 18.5 Å². The minimum absolute atomic E-state index is 0.107. The maximum Gasteiger partial charge on any atom is 0.289 e. The third-order valence-corrected chi connectivity index (χ3v) is 4.87. The monoisotopic (exact) mass is 462 g/mol. The average molecular weight is 463 g/mol. The Morgan fingerprint density at radius 1 is 1.23 bits per heavy atom. The van der Waals surface area contributed by atoms with Crippen LogP contribution in [0.3, 0.4) is 0 Å². The molecule has 158 valence electrons. The van der Waals surface area contributed by atoms with E-state index in [0.717, 1.165) is 6.20 Å². The number of carbonyl (C=O) groups excluding carboxylic acids is 2. The fourth-order valence-corrected chi connectivity index (χ4v) is 3.25. The molecule has 9 nitrogen and oxygen atoms in total. The Morgan fingerprint density at radius 3 is 2.81 bits per heavy atom. The van der Waals surface area contributed by atoms with E-state index in [1.807, 2.05) is 0 Å². The summed E-state index contributed by atoms with van der Waals surface area (Å²) >= 11 is 12.0. The number of hydrogen-bond acceptors (Lipinski definition) is 7. The Kier molecular flexibility index (Phi) is 5.66. The van der Waals surface area contributed by atoms with Gasteiger partial charge in [-0.3, -0.25) is 19.5 Å². The number of likely N-dealkylation sites (N-methyl/N-ethyl adjacent to an activating group) is 1. The molecular weight excluding hydrogens is 450 g/mol. The Balaban J connectivity index is 1.57. The molecular formula is C19H13Cl2FN6O3. The number of fused-ring (bicyclic) bond motifs is 1. The number of anilines is 1. The molecule has 3 aromatic heterocycles. The van der Waals surface area contributed by atoms with Crippen molar-refractivity contribution in [3.63, 3.8) is 0 Å². The molecule has 0 saturated carbocycles. The van der Waals surface area contributed by atoms with Crippen LogP contribution in [-0.2, 0) is 4.79 Å². The van der Waals surface area contributed by atoms with Gasteiger partial charge in [-0.2, -0.15) is 0 Å². The zero-order valence-electron chi connectivity index (χ0n) is 15.8. The van der Waals surface area contributed by atoms with Crippen LogP contribution < -0.4 is 15.0 Å². The molecule has 2 amide bonds. The number of aromatic nitrogens is 4. The number of rotatable bonds is 3. The quantitative estimate of drug-likeness (QED) is 0.636. The molecule has 31 heavy (non-hydrogen) atoms. The van der Waals surface area contributed by atoms with Crippen molar-refractivity contribution in [2.24, 2.45) is 0 Å². The molecule has 4 rings (SSSR count). The predicted molar refractivity (Wildman–Crippen MR) is 110 cm³/mol. The highest BCUT2D eigenvalue weighted by atomic mass is 35.5. The molecule has 4 heterocycles. The van der Waals surface area contributed by atoms with E-state index in [2.05, 4.69) is 25.3 Å². The first kappa shape index (κ1) is 20.9. The molecule has 0 aliphatic carbocycles. The van der Waals surface area contributed by atoms with E-state index in [1.54, 1.807) is 0 Å². The van der Waals surface area contributed by atoms with Crippen LogP contribution in [0.4, 0.5) is 10.2 Å². The molecule has 0 fully saturated rings. The van der Waals surface area contributed by atoms with Crippen molar-refractivity contribution in [3.05, 3.63) is 58.6 Å². The van der Waals surface area contributed by atoms with E-state index in [-0.39, 0.29) is 34.5 Å². The van der Waals surface area contributed by atoms with Crippen LogP contribution in [0, 0.1) is 5.82 Å². The highest BCUT2D eigenvalue weighted by molar-refractivity contribution is 6.33. The first-order chi connectivity index (χ1) is 14.8. The summed E-state index contributed by atoms with van der Waals surface area (Å²) in [6, 6.07) is 1.67. The number of halogens is 3. The summed E-state index contributed by atoms with van der Waals surface area (Å²) in [5, 5.41) is 2.99. The molecule has 0 aromatic carbocycles. The van der Waals surface area contributed by atoms with E-state index in [1.165, 1.54) is 42.7 Å². The van der Waals surface area contributed by atoms with Crippen molar-refractivity contribution in [1.29, 1.82) is 0 Å². The normalized spacial score (nSPS) is 15.7. The minimum Gasteiger partial charge on any atom is -0.487 e. The van der Waals surface area contributed by atoms with Gasteiger partial charge in [0, 0.05) is 31.1 Å². The first-order valence-corrected chi connectivity index (χ1v) is 9.59. The van der Waals surface area contributed by atoms with E-state index < -0.39 is 23.7 Å². The summed E-state index contributed by atoms with van der Waals surface area (Å²) in [5.74, 6) is -1.46. The third-order valence-electron chi connectivity index (χ3n) is 4.38. The number of pyridine rings is 2. The summed E-state index contributed by atoms with van der Waals surface area (Å²) in [4.78, 5) is 42.6. The highest BCUT2D eigenvalue weighted by Gasteiger charge is 2.32. The molecule has 0 radical (unpaired) electrons. The van der Waals surface area contributed by atoms with Crippen LogP contribution in [0.2, 0.25) is 10.0 Å². The van der Waals surface area contributed by atoms with Gasteiger partial charge in [0.2, 0.25) is 5.82 Å². The van der Waals surface area contributed by atoms with Gasteiger partial charge in [0.15, 0.2) is 11.6 Å². The van der Waals surface area contributed by atoms with Gasteiger partial charge in [-0.1, -0.05) is 23.2 Å². The molecule has 1 aliphatic heterocycles. The van der Waals surface area contributed by atoms with E-state index in [9.17, 15) is 14.0 Å². The van der Waals surface area contributed by atoms with Crippen molar-refractivity contribution in [1.82, 2.24) is 25.3 Å². The summed E-state index contributed by atoms with van der Waals surface area (Å²) < 4.78 is 19.1. The first-order valence-electron chi connectivity index (χ1n) is 8.83. The van der Waals surface area contributed by atoms with Crippen molar-refractivity contribution < 1.29 is 18.7 Å². The lowest BCUT2D eigenvalue weighted by atomic mass is 10.2. The maximum absolute atomic E-state index is 13.5. The lowest BCUT2D eigenvalue weighted by molar-refractivity contribution is -0.120. The van der Waals surface area contributed by atoms with Crippen LogP contribution in [0.1, 0.15) is 10.6 Å².